The van der Waals surface area contributed by atoms with Gasteiger partial charge in [-0.3, -0.25) is 4.79 Å². The molecule has 0 saturated heterocycles. The van der Waals surface area contributed by atoms with Crippen LogP contribution in [0.5, 0.6) is 0 Å². The monoisotopic (exact) mass is 277 g/mol. The van der Waals surface area contributed by atoms with Crippen molar-refractivity contribution in [2.45, 2.75) is 25.5 Å². The fourth-order valence-electron chi connectivity index (χ4n) is 2.07. The molecule has 19 heavy (non-hydrogen) atoms. The summed E-state index contributed by atoms with van der Waals surface area (Å²) in [5.74, 6) is -0.531. The van der Waals surface area contributed by atoms with Crippen molar-refractivity contribution in [2.24, 2.45) is 5.10 Å². The molecule has 1 atom stereocenters. The van der Waals surface area contributed by atoms with E-state index in [-0.39, 0.29) is 12.8 Å². The number of hydrogen-bond acceptors (Lipinski definition) is 4. The van der Waals surface area contributed by atoms with Crippen LogP contribution < -0.4 is 0 Å². The van der Waals surface area contributed by atoms with E-state index in [4.69, 9.17) is 16.9 Å². The van der Waals surface area contributed by atoms with Gasteiger partial charge < -0.3 is 5.11 Å². The number of nitrogens with zero attached hydrogens (tertiary/aromatic N) is 3. The minimum Gasteiger partial charge on any atom is -0.365 e. The molecule has 0 aromatic heterocycles. The molecular weight excluding hydrogens is 266 g/mol. The first-order valence-electron chi connectivity index (χ1n) is 5.70. The first kappa shape index (κ1) is 13.5. The van der Waals surface area contributed by atoms with Gasteiger partial charge in [0.2, 0.25) is 0 Å². The van der Waals surface area contributed by atoms with Crippen molar-refractivity contribution in [2.75, 3.05) is 0 Å². The molecular formula is C13H12ClN3O2. The summed E-state index contributed by atoms with van der Waals surface area (Å²) >= 11 is 5.81. The molecule has 0 aliphatic carbocycles. The third kappa shape index (κ3) is 2.46. The van der Waals surface area contributed by atoms with Crippen LogP contribution in [0.2, 0.25) is 5.02 Å². The number of benzene rings is 1. The van der Waals surface area contributed by atoms with Crippen LogP contribution in [-0.2, 0) is 10.5 Å². The largest absolute Gasteiger partial charge is 0.365 e. The third-order valence-electron chi connectivity index (χ3n) is 2.90. The molecule has 1 unspecified atom stereocenters. The first-order chi connectivity index (χ1) is 8.97. The van der Waals surface area contributed by atoms with Gasteiger partial charge in [-0.05, 0) is 19.1 Å². The summed E-state index contributed by atoms with van der Waals surface area (Å²) in [6.07, 6.45) is -0.113. The molecule has 0 saturated carbocycles. The second-order valence-corrected chi connectivity index (χ2v) is 4.81. The Morgan fingerprint density at radius 1 is 1.58 bits per heavy atom. The number of amides is 1. The highest BCUT2D eigenvalue weighted by Crippen LogP contribution is 2.36. The van der Waals surface area contributed by atoms with Gasteiger partial charge in [0.05, 0.1) is 6.07 Å². The van der Waals surface area contributed by atoms with E-state index in [2.05, 4.69) is 5.10 Å². The quantitative estimate of drug-likeness (QED) is 0.898. The van der Waals surface area contributed by atoms with Crippen molar-refractivity contribution in [1.82, 2.24) is 5.01 Å². The number of carbonyl (C=O) groups is 1. The number of hydrazone groups is 1. The van der Waals surface area contributed by atoms with Gasteiger partial charge in [0, 0.05) is 22.7 Å². The summed E-state index contributed by atoms with van der Waals surface area (Å²) in [7, 11) is 0. The number of rotatable bonds is 2. The summed E-state index contributed by atoms with van der Waals surface area (Å²) in [4.78, 5) is 11.9. The average Bonchev–Trinajstić information content (AvgIpc) is 2.67. The van der Waals surface area contributed by atoms with E-state index in [1.807, 2.05) is 0 Å². The maximum atomic E-state index is 11.9. The fourth-order valence-corrected chi connectivity index (χ4v) is 2.19. The molecule has 1 aliphatic heterocycles. The highest BCUT2D eigenvalue weighted by atomic mass is 35.5. The fraction of sp³-hybridized carbons (Fsp3) is 0.308. The molecule has 0 radical (unpaired) electrons. The van der Waals surface area contributed by atoms with Gasteiger partial charge in [-0.1, -0.05) is 23.7 Å². The van der Waals surface area contributed by atoms with Crippen LogP contribution in [0.4, 0.5) is 0 Å². The standard InChI is InChI=1S/C13H12ClN3O2/c1-9-8-13(19,10-2-4-11(14)5-3-10)17(16-9)12(18)6-7-15/h2-5,19H,6,8H2,1H3. The summed E-state index contributed by atoms with van der Waals surface area (Å²) in [5.41, 5.74) is -0.393. The van der Waals surface area contributed by atoms with Crippen LogP contribution in [0.15, 0.2) is 29.4 Å². The van der Waals surface area contributed by atoms with E-state index in [1.54, 1.807) is 37.3 Å². The first-order valence-corrected chi connectivity index (χ1v) is 6.07. The maximum Gasteiger partial charge on any atom is 0.259 e. The zero-order chi connectivity index (χ0) is 14.0. The zero-order valence-corrected chi connectivity index (χ0v) is 11.1. The van der Waals surface area contributed by atoms with Crippen molar-refractivity contribution >= 4 is 23.2 Å². The summed E-state index contributed by atoms with van der Waals surface area (Å²) < 4.78 is 0. The third-order valence-corrected chi connectivity index (χ3v) is 3.15. The normalized spacial score (nSPS) is 22.0. The Labute approximate surface area is 115 Å². The molecule has 5 nitrogen and oxygen atoms in total. The van der Waals surface area contributed by atoms with E-state index < -0.39 is 11.6 Å². The molecule has 0 fully saturated rings. The molecule has 1 aromatic carbocycles. The molecule has 1 aliphatic rings. The number of aliphatic hydroxyl groups is 1. The second kappa shape index (κ2) is 5.00. The number of hydrogen-bond donors (Lipinski definition) is 1. The minimum absolute atomic E-state index is 0.214. The van der Waals surface area contributed by atoms with E-state index in [9.17, 15) is 9.90 Å². The molecule has 0 bridgehead atoms. The van der Waals surface area contributed by atoms with Gasteiger partial charge in [0.1, 0.15) is 6.42 Å². The van der Waals surface area contributed by atoms with Gasteiger partial charge >= 0.3 is 0 Å². The van der Waals surface area contributed by atoms with Crippen LogP contribution in [0.1, 0.15) is 25.3 Å². The van der Waals surface area contributed by atoms with Gasteiger partial charge in [-0.15, -0.1) is 0 Å². The highest BCUT2D eigenvalue weighted by Gasteiger charge is 2.44. The van der Waals surface area contributed by atoms with Gasteiger partial charge in [0.15, 0.2) is 5.72 Å². The van der Waals surface area contributed by atoms with Crippen molar-refractivity contribution in [3.8, 4) is 6.07 Å². The summed E-state index contributed by atoms with van der Waals surface area (Å²) in [6.45, 7) is 1.72. The van der Waals surface area contributed by atoms with Gasteiger partial charge in [0.25, 0.3) is 5.91 Å². The molecule has 1 heterocycles. The summed E-state index contributed by atoms with van der Waals surface area (Å²) in [5, 5.41) is 24.9. The molecule has 2 rings (SSSR count). The lowest BCUT2D eigenvalue weighted by Crippen LogP contribution is -2.43. The Morgan fingerprint density at radius 3 is 2.79 bits per heavy atom. The van der Waals surface area contributed by atoms with Gasteiger partial charge in [-0.2, -0.15) is 15.4 Å². The van der Waals surface area contributed by atoms with Crippen molar-refractivity contribution in [1.29, 1.82) is 5.26 Å². The van der Waals surface area contributed by atoms with Crippen LogP contribution in [-0.4, -0.2) is 21.7 Å². The predicted octanol–water partition coefficient (Wildman–Crippen LogP) is 2.01. The lowest BCUT2D eigenvalue weighted by Gasteiger charge is -2.31. The summed E-state index contributed by atoms with van der Waals surface area (Å²) in [6, 6.07) is 8.32. The predicted molar refractivity (Wildman–Crippen MR) is 70.2 cm³/mol. The minimum atomic E-state index is -1.54. The molecule has 1 aromatic rings. The Morgan fingerprint density at radius 2 is 2.21 bits per heavy atom. The molecule has 0 spiro atoms. The highest BCUT2D eigenvalue weighted by molar-refractivity contribution is 6.30. The van der Waals surface area contributed by atoms with E-state index in [0.29, 0.717) is 16.3 Å². The smallest absolute Gasteiger partial charge is 0.259 e. The lowest BCUT2D eigenvalue weighted by atomic mass is 9.97. The van der Waals surface area contributed by atoms with Crippen LogP contribution >= 0.6 is 11.6 Å². The Hall–Kier alpha value is -1.90. The van der Waals surface area contributed by atoms with Crippen LogP contribution in [0, 0.1) is 11.3 Å². The molecule has 98 valence electrons. The Bertz CT molecular complexity index is 577. The molecule has 1 N–H and O–H groups in total. The second-order valence-electron chi connectivity index (χ2n) is 4.38. The van der Waals surface area contributed by atoms with E-state index in [1.165, 1.54) is 0 Å². The number of halogens is 1. The lowest BCUT2D eigenvalue weighted by molar-refractivity contribution is -0.156. The molecule has 6 heteroatoms. The maximum absolute atomic E-state index is 11.9. The van der Waals surface area contributed by atoms with E-state index >= 15 is 0 Å². The molecule has 1 amide bonds. The zero-order valence-electron chi connectivity index (χ0n) is 10.3. The number of carbonyl (C=O) groups excluding carboxylic acids is 1. The Balaban J connectivity index is 2.39. The SMILES string of the molecule is CC1=NN(C(=O)CC#N)C(O)(c2ccc(Cl)cc2)C1. The van der Waals surface area contributed by atoms with Crippen molar-refractivity contribution in [3.05, 3.63) is 34.9 Å². The average molecular weight is 278 g/mol. The Kier molecular flexibility index (Phi) is 3.56. The number of nitriles is 1. The van der Waals surface area contributed by atoms with E-state index in [0.717, 1.165) is 5.01 Å². The van der Waals surface area contributed by atoms with Crippen molar-refractivity contribution in [3.63, 3.8) is 0 Å². The topological polar surface area (TPSA) is 76.7 Å². The van der Waals surface area contributed by atoms with Crippen molar-refractivity contribution < 1.29 is 9.90 Å². The van der Waals surface area contributed by atoms with Crippen LogP contribution in [0.3, 0.4) is 0 Å². The van der Waals surface area contributed by atoms with Gasteiger partial charge in [-0.25, -0.2) is 0 Å². The van der Waals surface area contributed by atoms with Crippen LogP contribution in [0.25, 0.3) is 0 Å².